The molecule has 5 heteroatoms. The molecule has 20 heavy (non-hydrogen) atoms. The molecule has 3 N–H and O–H groups in total. The maximum absolute atomic E-state index is 10.4. The molecule has 0 heterocycles. The van der Waals surface area contributed by atoms with Crippen LogP contribution in [-0.2, 0) is 10.1 Å². The molecule has 0 aliphatic heterocycles. The van der Waals surface area contributed by atoms with E-state index >= 15 is 0 Å². The van der Waals surface area contributed by atoms with Crippen LogP contribution in [0.2, 0.25) is 0 Å². The number of quaternary nitrogens is 1. The third-order valence-electron chi connectivity index (χ3n) is 2.97. The average molecular weight is 301 g/mol. The van der Waals surface area contributed by atoms with Crippen LogP contribution in [0, 0.1) is 6.92 Å². The molecule has 1 unspecified atom stereocenters. The summed E-state index contributed by atoms with van der Waals surface area (Å²) in [5.74, 6) is 0. The molecule has 0 amide bonds. The smallest absolute Gasteiger partial charge is 0.124 e. The van der Waals surface area contributed by atoms with Gasteiger partial charge in [-0.2, -0.15) is 0 Å². The largest absolute Gasteiger partial charge is 0.744 e. The van der Waals surface area contributed by atoms with Gasteiger partial charge in [0.05, 0.1) is 10.9 Å². The molecule has 0 aromatic heterocycles. The highest BCUT2D eigenvalue weighted by Crippen LogP contribution is 2.08. The fourth-order valence-electron chi connectivity index (χ4n) is 1.75. The minimum absolute atomic E-state index is 0.178. The van der Waals surface area contributed by atoms with E-state index in [1.165, 1.54) is 44.2 Å². The molecular formula is C15H27NO3S. The lowest BCUT2D eigenvalue weighted by Crippen LogP contribution is -2.60. The molecule has 0 spiro atoms. The van der Waals surface area contributed by atoms with Crippen molar-refractivity contribution in [1.82, 2.24) is 0 Å². The second-order valence-electron chi connectivity index (χ2n) is 5.06. The summed E-state index contributed by atoms with van der Waals surface area (Å²) in [5.41, 5.74) is 4.99. The zero-order valence-corrected chi connectivity index (χ0v) is 13.6. The first-order valence-electron chi connectivity index (χ1n) is 7.16. The van der Waals surface area contributed by atoms with Crippen molar-refractivity contribution >= 4 is 10.1 Å². The molecule has 1 aromatic carbocycles. The third-order valence-corrected chi connectivity index (χ3v) is 3.82. The summed E-state index contributed by atoms with van der Waals surface area (Å²) < 4.78 is 31.2. The van der Waals surface area contributed by atoms with Crippen LogP contribution in [-0.4, -0.2) is 19.0 Å². The van der Waals surface area contributed by atoms with Gasteiger partial charge in [0.15, 0.2) is 0 Å². The molecule has 4 nitrogen and oxygen atoms in total. The van der Waals surface area contributed by atoms with Crippen molar-refractivity contribution in [3.63, 3.8) is 0 Å². The minimum Gasteiger partial charge on any atom is -0.744 e. The van der Waals surface area contributed by atoms with Gasteiger partial charge >= 0.3 is 0 Å². The topological polar surface area (TPSA) is 84.8 Å². The van der Waals surface area contributed by atoms with E-state index in [0.29, 0.717) is 0 Å². The van der Waals surface area contributed by atoms with Crippen LogP contribution < -0.4 is 5.73 Å². The lowest BCUT2D eigenvalue weighted by Gasteiger charge is -2.05. The van der Waals surface area contributed by atoms with Crippen molar-refractivity contribution in [2.24, 2.45) is 0 Å². The van der Waals surface area contributed by atoms with Gasteiger partial charge in [0.2, 0.25) is 0 Å². The zero-order chi connectivity index (χ0) is 15.6. The van der Waals surface area contributed by atoms with Crippen molar-refractivity contribution in [1.29, 1.82) is 0 Å². The molecule has 1 atom stereocenters. The molecule has 0 radical (unpaired) electrons. The predicted molar refractivity (Wildman–Crippen MR) is 80.3 cm³/mol. The molecule has 0 bridgehead atoms. The first-order chi connectivity index (χ1) is 9.31. The molecule has 0 fully saturated rings. The third kappa shape index (κ3) is 9.07. The molecule has 0 aliphatic carbocycles. The van der Waals surface area contributed by atoms with Crippen molar-refractivity contribution in [3.05, 3.63) is 29.8 Å². The number of hydrogen-bond donors (Lipinski definition) is 1. The van der Waals surface area contributed by atoms with Gasteiger partial charge in [-0.05, 0) is 38.3 Å². The lowest BCUT2D eigenvalue weighted by atomic mass is 10.1. The lowest BCUT2D eigenvalue weighted by molar-refractivity contribution is -0.422. The fraction of sp³-hybridized carbons (Fsp3) is 0.600. The Labute approximate surface area is 123 Å². The minimum atomic E-state index is -4.27. The van der Waals surface area contributed by atoms with Gasteiger partial charge < -0.3 is 10.3 Å². The maximum Gasteiger partial charge on any atom is 0.124 e. The summed E-state index contributed by atoms with van der Waals surface area (Å²) in [7, 11) is -4.27. The van der Waals surface area contributed by atoms with Gasteiger partial charge in [-0.1, -0.05) is 44.4 Å². The fourth-order valence-corrected chi connectivity index (χ4v) is 2.22. The number of unbranched alkanes of at least 4 members (excludes halogenated alkanes) is 1. The van der Waals surface area contributed by atoms with Crippen molar-refractivity contribution in [2.45, 2.75) is 63.8 Å². The Bertz CT molecular complexity index is 455. The Morgan fingerprint density at radius 3 is 2.05 bits per heavy atom. The summed E-state index contributed by atoms with van der Waals surface area (Å²) in [4.78, 5) is -0.178. The summed E-state index contributed by atoms with van der Waals surface area (Å²) in [6.45, 7) is 6.28. The molecule has 1 aromatic rings. The first-order valence-corrected chi connectivity index (χ1v) is 8.57. The Balaban J connectivity index is 0.000000370. The van der Waals surface area contributed by atoms with Crippen molar-refractivity contribution in [2.75, 3.05) is 0 Å². The number of benzene rings is 1. The first kappa shape index (κ1) is 19.1. The van der Waals surface area contributed by atoms with Crippen molar-refractivity contribution < 1.29 is 18.7 Å². The summed E-state index contributed by atoms with van der Waals surface area (Å²) in [6.07, 6.45) is 6.59. The standard InChI is InChI=1S/C8H19N.C7H8O3S/c1-3-5-7-8(9)6-4-2;1-6-2-4-7(5-3-6)11(8,9)10/h8H,3-7,9H2,1-2H3;2-5H,1H3,(H,8,9,10). The van der Waals surface area contributed by atoms with Gasteiger partial charge in [0, 0.05) is 0 Å². The zero-order valence-electron chi connectivity index (χ0n) is 12.8. The van der Waals surface area contributed by atoms with Gasteiger partial charge in [0.1, 0.15) is 10.1 Å². The van der Waals surface area contributed by atoms with Crippen LogP contribution in [0.1, 0.15) is 51.5 Å². The van der Waals surface area contributed by atoms with E-state index in [9.17, 15) is 13.0 Å². The quantitative estimate of drug-likeness (QED) is 0.819. The molecule has 0 saturated carbocycles. The highest BCUT2D eigenvalue weighted by Gasteiger charge is 2.01. The van der Waals surface area contributed by atoms with Crippen LogP contribution in [0.25, 0.3) is 0 Å². The van der Waals surface area contributed by atoms with Crippen LogP contribution in [0.15, 0.2) is 29.2 Å². The highest BCUT2D eigenvalue weighted by atomic mass is 32.2. The molecule has 0 aliphatic rings. The van der Waals surface area contributed by atoms with E-state index in [-0.39, 0.29) is 4.90 Å². The molecular weight excluding hydrogens is 274 g/mol. The monoisotopic (exact) mass is 301 g/mol. The Hall–Kier alpha value is -0.910. The summed E-state index contributed by atoms with van der Waals surface area (Å²) in [5, 5.41) is 0. The number of aryl methyl sites for hydroxylation is 1. The number of rotatable bonds is 6. The molecule has 116 valence electrons. The molecule has 0 saturated heterocycles. The van der Waals surface area contributed by atoms with E-state index in [4.69, 9.17) is 0 Å². The second-order valence-corrected chi connectivity index (χ2v) is 6.44. The van der Waals surface area contributed by atoms with E-state index in [1.807, 2.05) is 6.92 Å². The van der Waals surface area contributed by atoms with Crippen LogP contribution >= 0.6 is 0 Å². The molecule has 1 rings (SSSR count). The van der Waals surface area contributed by atoms with E-state index in [0.717, 1.165) is 11.6 Å². The Morgan fingerprint density at radius 2 is 1.65 bits per heavy atom. The van der Waals surface area contributed by atoms with Gasteiger partial charge in [-0.15, -0.1) is 0 Å². The second kappa shape index (κ2) is 9.91. The van der Waals surface area contributed by atoms with Crippen LogP contribution in [0.5, 0.6) is 0 Å². The maximum atomic E-state index is 10.4. The predicted octanol–water partition coefficient (Wildman–Crippen LogP) is 2.49. The Kier molecular flexibility index (Phi) is 9.46. The summed E-state index contributed by atoms with van der Waals surface area (Å²) in [6, 6.07) is 6.50. The van der Waals surface area contributed by atoms with Gasteiger partial charge in [-0.3, -0.25) is 0 Å². The van der Waals surface area contributed by atoms with E-state index in [2.05, 4.69) is 19.6 Å². The van der Waals surface area contributed by atoms with Gasteiger partial charge in [0.25, 0.3) is 0 Å². The normalized spacial score (nSPS) is 12.4. The number of hydrogen-bond acceptors (Lipinski definition) is 3. The van der Waals surface area contributed by atoms with Crippen LogP contribution in [0.4, 0.5) is 0 Å². The van der Waals surface area contributed by atoms with Crippen molar-refractivity contribution in [3.8, 4) is 0 Å². The van der Waals surface area contributed by atoms with Gasteiger partial charge in [-0.25, -0.2) is 8.42 Å². The van der Waals surface area contributed by atoms with Crippen LogP contribution in [0.3, 0.4) is 0 Å². The Morgan fingerprint density at radius 1 is 1.10 bits per heavy atom. The summed E-state index contributed by atoms with van der Waals surface area (Å²) >= 11 is 0. The SMILES string of the molecule is CCCCC([NH3+])CCC.Cc1ccc(S(=O)(=O)[O-])cc1. The average Bonchev–Trinajstić information content (AvgIpc) is 2.37. The van der Waals surface area contributed by atoms with E-state index < -0.39 is 10.1 Å². The highest BCUT2D eigenvalue weighted by molar-refractivity contribution is 7.85. The van der Waals surface area contributed by atoms with E-state index in [1.54, 1.807) is 12.1 Å².